The third-order valence-corrected chi connectivity index (χ3v) is 2.69. The minimum atomic E-state index is 0.334. The van der Waals surface area contributed by atoms with Gasteiger partial charge in [-0.2, -0.15) is 0 Å². The predicted octanol–water partition coefficient (Wildman–Crippen LogP) is 1.89. The van der Waals surface area contributed by atoms with Crippen LogP contribution in [0.3, 0.4) is 0 Å². The van der Waals surface area contributed by atoms with Crippen molar-refractivity contribution in [1.82, 2.24) is 4.90 Å². The Morgan fingerprint density at radius 3 is 2.62 bits per heavy atom. The van der Waals surface area contributed by atoms with Crippen LogP contribution in [-0.2, 0) is 17.8 Å². The second-order valence-corrected chi connectivity index (χ2v) is 4.29. The Morgan fingerprint density at radius 1 is 1.38 bits per heavy atom. The average Bonchev–Trinajstić information content (AvgIpc) is 2.23. The van der Waals surface area contributed by atoms with E-state index in [1.54, 1.807) is 6.07 Å². The molecule has 0 aliphatic heterocycles. The number of carbonyl (C=O) groups is 1. The maximum atomic E-state index is 10.4. The van der Waals surface area contributed by atoms with Crippen molar-refractivity contribution in [2.24, 2.45) is 0 Å². The van der Waals surface area contributed by atoms with Gasteiger partial charge < -0.3 is 14.8 Å². The largest absolute Gasteiger partial charge is 0.508 e. The fraction of sp³-hybridized carbons (Fsp3) is 0.462. The molecule has 1 N–H and O–H groups in total. The molecule has 0 saturated heterocycles. The van der Waals surface area contributed by atoms with Crippen molar-refractivity contribution in [3.05, 3.63) is 28.8 Å². The number of phenolic OH excluding ortho intramolecular Hbond substituents is 1. The standard InChI is InChI=1S/C13H19NO2/c1-10-11(5-4-8-15)6-7-13(16)12(10)9-14(2)3/h6-8,16H,4-5,9H2,1-3H3. The Kier molecular flexibility index (Phi) is 4.50. The van der Waals surface area contributed by atoms with Crippen molar-refractivity contribution in [1.29, 1.82) is 0 Å². The van der Waals surface area contributed by atoms with E-state index < -0.39 is 0 Å². The summed E-state index contributed by atoms with van der Waals surface area (Å²) in [4.78, 5) is 12.4. The van der Waals surface area contributed by atoms with Crippen molar-refractivity contribution in [2.75, 3.05) is 14.1 Å². The Morgan fingerprint density at radius 2 is 2.06 bits per heavy atom. The maximum Gasteiger partial charge on any atom is 0.120 e. The minimum absolute atomic E-state index is 0.334. The van der Waals surface area contributed by atoms with E-state index in [-0.39, 0.29) is 0 Å². The van der Waals surface area contributed by atoms with E-state index in [1.165, 1.54) is 0 Å². The minimum Gasteiger partial charge on any atom is -0.508 e. The van der Waals surface area contributed by atoms with Crippen LogP contribution in [0.2, 0.25) is 0 Å². The van der Waals surface area contributed by atoms with Gasteiger partial charge in [-0.3, -0.25) is 0 Å². The summed E-state index contributed by atoms with van der Waals surface area (Å²) in [6.07, 6.45) is 2.21. The highest BCUT2D eigenvalue weighted by Gasteiger charge is 2.09. The van der Waals surface area contributed by atoms with Gasteiger partial charge in [0.05, 0.1) is 0 Å². The molecule has 0 aromatic heterocycles. The first-order valence-electron chi connectivity index (χ1n) is 5.45. The number of benzene rings is 1. The molecule has 0 bridgehead atoms. The van der Waals surface area contributed by atoms with Crippen molar-refractivity contribution in [3.63, 3.8) is 0 Å². The number of hydrogen-bond acceptors (Lipinski definition) is 3. The topological polar surface area (TPSA) is 40.5 Å². The zero-order valence-electron chi connectivity index (χ0n) is 10.2. The van der Waals surface area contributed by atoms with Gasteiger partial charge in [-0.05, 0) is 44.6 Å². The predicted molar refractivity (Wildman–Crippen MR) is 64.6 cm³/mol. The Balaban J connectivity index is 3.00. The quantitative estimate of drug-likeness (QED) is 0.772. The molecule has 0 heterocycles. The van der Waals surface area contributed by atoms with Crippen molar-refractivity contribution in [3.8, 4) is 5.75 Å². The summed E-state index contributed by atoms with van der Waals surface area (Å²) in [5.41, 5.74) is 3.19. The van der Waals surface area contributed by atoms with E-state index in [1.807, 2.05) is 32.0 Å². The molecule has 0 aliphatic rings. The number of aromatic hydroxyl groups is 1. The summed E-state index contributed by atoms with van der Waals surface area (Å²) < 4.78 is 0. The van der Waals surface area contributed by atoms with Crippen molar-refractivity contribution in [2.45, 2.75) is 26.3 Å². The monoisotopic (exact) mass is 221 g/mol. The summed E-state index contributed by atoms with van der Waals surface area (Å²) in [5.74, 6) is 0.334. The van der Waals surface area contributed by atoms with Crippen LogP contribution >= 0.6 is 0 Å². The normalized spacial score (nSPS) is 10.8. The number of nitrogens with zero attached hydrogens (tertiary/aromatic N) is 1. The highest BCUT2D eigenvalue weighted by atomic mass is 16.3. The number of phenols is 1. The lowest BCUT2D eigenvalue weighted by atomic mass is 9.98. The van der Waals surface area contributed by atoms with Gasteiger partial charge in [0, 0.05) is 18.5 Å². The molecule has 0 fully saturated rings. The lowest BCUT2D eigenvalue weighted by molar-refractivity contribution is -0.107. The smallest absolute Gasteiger partial charge is 0.120 e. The van der Waals surface area contributed by atoms with Crippen molar-refractivity contribution < 1.29 is 9.90 Å². The second kappa shape index (κ2) is 5.66. The second-order valence-electron chi connectivity index (χ2n) is 4.29. The average molecular weight is 221 g/mol. The molecule has 88 valence electrons. The first kappa shape index (κ1) is 12.7. The molecule has 3 heteroatoms. The number of aryl methyl sites for hydroxylation is 1. The van der Waals surface area contributed by atoms with E-state index >= 15 is 0 Å². The van der Waals surface area contributed by atoms with Crippen molar-refractivity contribution >= 4 is 6.29 Å². The molecule has 16 heavy (non-hydrogen) atoms. The molecule has 1 rings (SSSR count). The Labute approximate surface area is 96.7 Å². The molecule has 0 atom stereocenters. The van der Waals surface area contributed by atoms with Crippen LogP contribution in [0.25, 0.3) is 0 Å². The summed E-state index contributed by atoms with van der Waals surface area (Å²) >= 11 is 0. The Bertz CT molecular complexity index is 372. The maximum absolute atomic E-state index is 10.4. The molecular weight excluding hydrogens is 202 g/mol. The van der Waals surface area contributed by atoms with E-state index in [2.05, 4.69) is 0 Å². The van der Waals surface area contributed by atoms with Gasteiger partial charge in [-0.25, -0.2) is 0 Å². The third kappa shape index (κ3) is 3.07. The van der Waals surface area contributed by atoms with E-state index in [4.69, 9.17) is 0 Å². The summed E-state index contributed by atoms with van der Waals surface area (Å²) in [7, 11) is 3.94. The highest BCUT2D eigenvalue weighted by molar-refractivity contribution is 5.51. The van der Waals surface area contributed by atoms with E-state index in [9.17, 15) is 9.90 Å². The van der Waals surface area contributed by atoms with Gasteiger partial charge in [-0.1, -0.05) is 6.07 Å². The summed E-state index contributed by atoms with van der Waals surface area (Å²) in [5, 5.41) is 9.79. The fourth-order valence-electron chi connectivity index (χ4n) is 1.79. The van der Waals surface area contributed by atoms with E-state index in [0.29, 0.717) is 18.7 Å². The molecule has 0 aliphatic carbocycles. The molecule has 0 saturated carbocycles. The lowest BCUT2D eigenvalue weighted by Crippen LogP contribution is -2.12. The number of aldehydes is 1. The van der Waals surface area contributed by atoms with Crippen LogP contribution in [0.15, 0.2) is 12.1 Å². The fourth-order valence-corrected chi connectivity index (χ4v) is 1.79. The molecule has 0 radical (unpaired) electrons. The molecular formula is C13H19NO2. The van der Waals surface area contributed by atoms with Gasteiger partial charge in [-0.15, -0.1) is 0 Å². The SMILES string of the molecule is Cc1c(CCC=O)ccc(O)c1CN(C)C. The van der Waals surface area contributed by atoms with Crippen LogP contribution in [0.1, 0.15) is 23.1 Å². The zero-order chi connectivity index (χ0) is 12.1. The molecule has 1 aromatic rings. The van der Waals surface area contributed by atoms with Crippen LogP contribution in [0.4, 0.5) is 0 Å². The van der Waals surface area contributed by atoms with Gasteiger partial charge in [0.25, 0.3) is 0 Å². The first-order chi connectivity index (χ1) is 7.56. The molecule has 0 amide bonds. The summed E-state index contributed by atoms with van der Waals surface area (Å²) in [6.45, 7) is 2.71. The first-order valence-corrected chi connectivity index (χ1v) is 5.45. The zero-order valence-corrected chi connectivity index (χ0v) is 10.2. The van der Waals surface area contributed by atoms with Gasteiger partial charge in [0.15, 0.2) is 0 Å². The Hall–Kier alpha value is -1.35. The van der Waals surface area contributed by atoms with Crippen LogP contribution < -0.4 is 0 Å². The highest BCUT2D eigenvalue weighted by Crippen LogP contribution is 2.25. The van der Waals surface area contributed by atoms with Crippen LogP contribution in [0.5, 0.6) is 5.75 Å². The van der Waals surface area contributed by atoms with Gasteiger partial charge in [0.1, 0.15) is 12.0 Å². The van der Waals surface area contributed by atoms with Gasteiger partial charge >= 0.3 is 0 Å². The van der Waals surface area contributed by atoms with Gasteiger partial charge in [0.2, 0.25) is 0 Å². The number of rotatable bonds is 5. The van der Waals surface area contributed by atoms with Crippen LogP contribution in [0, 0.1) is 6.92 Å². The number of hydrogen-bond donors (Lipinski definition) is 1. The molecule has 0 spiro atoms. The lowest BCUT2D eigenvalue weighted by Gasteiger charge is -2.16. The molecule has 1 aromatic carbocycles. The number of carbonyl (C=O) groups excluding carboxylic acids is 1. The van der Waals surface area contributed by atoms with Crippen LogP contribution in [-0.4, -0.2) is 30.4 Å². The third-order valence-electron chi connectivity index (χ3n) is 2.69. The molecule has 0 unspecified atom stereocenters. The van der Waals surface area contributed by atoms with E-state index in [0.717, 1.165) is 29.4 Å². The summed E-state index contributed by atoms with van der Waals surface area (Å²) in [6, 6.07) is 3.61. The molecule has 3 nitrogen and oxygen atoms in total.